The third-order valence-corrected chi connectivity index (χ3v) is 13.4. The average Bonchev–Trinajstić information content (AvgIpc) is 2.60. The van der Waals surface area contributed by atoms with Gasteiger partial charge >= 0.3 is 0 Å². The van der Waals surface area contributed by atoms with Crippen molar-refractivity contribution in [1.29, 1.82) is 0 Å². The molecule has 5 rings (SSSR count). The number of allylic oxidation sites excluding steroid dienone is 4. The van der Waals surface area contributed by atoms with Gasteiger partial charge in [-0.25, -0.2) is 0 Å². The highest BCUT2D eigenvalue weighted by Crippen LogP contribution is 2.41. The van der Waals surface area contributed by atoms with Crippen molar-refractivity contribution < 1.29 is 38.1 Å². The second kappa shape index (κ2) is 33.0. The van der Waals surface area contributed by atoms with Crippen LogP contribution in [0.5, 0.6) is 23.0 Å². The molecule has 1 aliphatic rings. The molecule has 0 aliphatic heterocycles. The van der Waals surface area contributed by atoms with Gasteiger partial charge in [-0.15, -0.1) is 13.2 Å². The Hall–Kier alpha value is -7.24. The summed E-state index contributed by atoms with van der Waals surface area (Å²) in [6.07, 6.45) is 6.94. The molecule has 0 fully saturated rings. The number of rotatable bonds is 32. The molecule has 0 aromatic heterocycles. The highest BCUT2D eigenvalue weighted by Gasteiger charge is 2.26. The first-order valence-electron chi connectivity index (χ1n) is 28.4. The lowest BCUT2D eigenvalue weighted by Crippen LogP contribution is -2.34. The summed E-state index contributed by atoms with van der Waals surface area (Å²) in [7, 11) is 15.6. The maximum absolute atomic E-state index is 13.7. The van der Waals surface area contributed by atoms with Crippen molar-refractivity contribution >= 4 is 23.6 Å². The Balaban J connectivity index is 1.91. The lowest BCUT2D eigenvalue weighted by Gasteiger charge is -2.25. The van der Waals surface area contributed by atoms with E-state index >= 15 is 0 Å². The van der Waals surface area contributed by atoms with E-state index in [-0.39, 0.29) is 75.7 Å². The Morgan fingerprint density at radius 2 is 0.610 bits per heavy atom. The molecule has 16 nitrogen and oxygen atoms in total. The fraction of sp³-hybridized carbons (Fsp3) is 0.455. The summed E-state index contributed by atoms with van der Waals surface area (Å²) in [6.45, 7) is 24.2. The molecular weight excluding hydrogens is 1030 g/mol. The van der Waals surface area contributed by atoms with Gasteiger partial charge in [0.1, 0.15) is 23.0 Å². The predicted molar refractivity (Wildman–Crippen MR) is 330 cm³/mol. The van der Waals surface area contributed by atoms with Crippen molar-refractivity contribution in [2.45, 2.75) is 65.2 Å². The topological polar surface area (TPSA) is 166 Å². The molecule has 0 spiro atoms. The summed E-state index contributed by atoms with van der Waals surface area (Å²) < 4.78 is 27.3. The highest BCUT2D eigenvalue weighted by molar-refractivity contribution is 5.79. The Kier molecular flexibility index (Phi) is 26.4. The Morgan fingerprint density at radius 1 is 0.402 bits per heavy atom. The van der Waals surface area contributed by atoms with Gasteiger partial charge in [0.25, 0.3) is 23.6 Å². The minimum Gasteiger partial charge on any atom is -0.483 e. The van der Waals surface area contributed by atoms with Gasteiger partial charge in [0, 0.05) is 78.0 Å². The van der Waals surface area contributed by atoms with Crippen LogP contribution in [0, 0.1) is 0 Å². The number of benzene rings is 4. The Morgan fingerprint density at radius 3 is 0.793 bits per heavy atom. The molecule has 0 saturated carbocycles. The van der Waals surface area contributed by atoms with E-state index in [9.17, 15) is 19.2 Å². The van der Waals surface area contributed by atoms with E-state index in [1.165, 1.54) is 0 Å². The van der Waals surface area contributed by atoms with Crippen molar-refractivity contribution in [2.75, 3.05) is 135 Å². The maximum atomic E-state index is 13.7. The smallest absolute Gasteiger partial charge is 0.257 e. The largest absolute Gasteiger partial charge is 0.483 e. The van der Waals surface area contributed by atoms with Crippen LogP contribution >= 0.6 is 0 Å². The van der Waals surface area contributed by atoms with Gasteiger partial charge in [-0.2, -0.15) is 0 Å². The normalized spacial score (nSPS) is 12.0. The molecule has 82 heavy (non-hydrogen) atoms. The van der Waals surface area contributed by atoms with Crippen LogP contribution in [0.3, 0.4) is 0 Å². The van der Waals surface area contributed by atoms with E-state index in [4.69, 9.17) is 18.9 Å². The van der Waals surface area contributed by atoms with Crippen molar-refractivity contribution in [1.82, 2.24) is 40.9 Å². The standard InChI is InChI=1S/C66H92N8O8/c1-15-17-47-29-51-37-55-33-49(27-45(3)4)35-57(65(55)81-43-61(77)69-21-25-73(11)12)39-53-31-48(18-16-2)32-54(64(53)80-42-60(76)68-20-24-72(9)10)40-58-36-50(28-46(5)6)34-56(66(58)82-44-62(78)70-22-26-74(13)14)38-52(30-47)63(51)79-41-59(75)67-19-23-71(7)8/h15-16,29-36H,1-3,5,17-28,37-44H2,4,6-14H3,(H,67,75)(H,68,76)(H,69,77)(H,70,78). The number of hydrogen-bond acceptors (Lipinski definition) is 12. The zero-order valence-electron chi connectivity index (χ0n) is 50.8. The van der Waals surface area contributed by atoms with E-state index in [1.807, 2.05) is 102 Å². The van der Waals surface area contributed by atoms with Gasteiger partial charge in [0.05, 0.1) is 0 Å². The first-order valence-corrected chi connectivity index (χ1v) is 28.4. The molecule has 0 atom stereocenters. The van der Waals surface area contributed by atoms with Gasteiger partial charge in [-0.1, -0.05) is 85.0 Å². The summed E-state index contributed by atoms with van der Waals surface area (Å²) in [6, 6.07) is 16.8. The quantitative estimate of drug-likeness (QED) is 0.0357. The van der Waals surface area contributed by atoms with Crippen LogP contribution in [0.2, 0.25) is 0 Å². The number of nitrogens with one attached hydrogen (secondary N) is 4. The van der Waals surface area contributed by atoms with Gasteiger partial charge in [-0.05, 0) is 163 Å². The lowest BCUT2D eigenvalue weighted by atomic mass is 9.87. The van der Waals surface area contributed by atoms with Gasteiger partial charge in [-0.3, -0.25) is 19.2 Å². The van der Waals surface area contributed by atoms with E-state index < -0.39 is 0 Å². The lowest BCUT2D eigenvalue weighted by molar-refractivity contribution is -0.123. The van der Waals surface area contributed by atoms with E-state index in [2.05, 4.69) is 96.1 Å². The van der Waals surface area contributed by atoms with Crippen LogP contribution in [0.15, 0.2) is 98.1 Å². The summed E-state index contributed by atoms with van der Waals surface area (Å²) in [5.41, 5.74) is 12.0. The molecule has 0 unspecified atom stereocenters. The van der Waals surface area contributed by atoms with Crippen molar-refractivity contribution in [3.05, 3.63) is 165 Å². The number of likely N-dealkylation sites (N-methyl/N-ethyl adjacent to an activating group) is 4. The monoisotopic (exact) mass is 1120 g/mol. The van der Waals surface area contributed by atoms with Crippen LogP contribution < -0.4 is 40.2 Å². The second-order valence-corrected chi connectivity index (χ2v) is 22.7. The van der Waals surface area contributed by atoms with Gasteiger partial charge < -0.3 is 59.8 Å². The summed E-state index contributed by atoms with van der Waals surface area (Å²) in [4.78, 5) is 62.9. The zero-order chi connectivity index (χ0) is 59.9. The predicted octanol–water partition coefficient (Wildman–Crippen LogP) is 6.28. The SMILES string of the molecule is C=CCc1cc2c(OCC(=O)NCCN(C)C)c(c1)Cc1cc(CC(=C)C)cc(c1OCC(=O)NCCN(C)C)Cc1cc(CC=C)cc(c1OCC(=O)NCCN(C)C)Cc1cc(CC(=C)C)cc(c1OCC(=O)NCCN(C)C)C2. The molecule has 4 amide bonds. The zero-order valence-corrected chi connectivity index (χ0v) is 50.8. The van der Waals surface area contributed by atoms with Crippen LogP contribution in [0.4, 0.5) is 0 Å². The molecule has 444 valence electrons. The number of carbonyl (C=O) groups is 4. The molecule has 0 saturated heterocycles. The summed E-state index contributed by atoms with van der Waals surface area (Å²) in [5.74, 6) is 0.954. The third kappa shape index (κ3) is 21.9. The van der Waals surface area contributed by atoms with Crippen LogP contribution in [0.25, 0.3) is 0 Å². The average molecular weight is 1130 g/mol. The van der Waals surface area contributed by atoms with Crippen molar-refractivity contribution in [3.8, 4) is 23.0 Å². The minimum absolute atomic E-state index is 0.263. The van der Waals surface area contributed by atoms with Gasteiger partial charge in [0.15, 0.2) is 26.4 Å². The van der Waals surface area contributed by atoms with Crippen LogP contribution in [-0.2, 0) is 70.5 Å². The molecule has 8 bridgehead atoms. The third-order valence-electron chi connectivity index (χ3n) is 13.4. The first kappa shape index (κ1) is 65.6. The van der Waals surface area contributed by atoms with Crippen molar-refractivity contribution in [3.63, 3.8) is 0 Å². The molecule has 0 heterocycles. The van der Waals surface area contributed by atoms with E-state index in [1.54, 1.807) is 0 Å². The van der Waals surface area contributed by atoms with Crippen LogP contribution in [0.1, 0.15) is 80.6 Å². The molecule has 0 radical (unpaired) electrons. The first-order chi connectivity index (χ1) is 39.1. The molecule has 4 N–H and O–H groups in total. The second-order valence-electron chi connectivity index (χ2n) is 22.7. The highest BCUT2D eigenvalue weighted by atomic mass is 16.5. The maximum Gasteiger partial charge on any atom is 0.257 e. The van der Waals surface area contributed by atoms with Crippen molar-refractivity contribution in [2.24, 2.45) is 0 Å². The van der Waals surface area contributed by atoms with Crippen LogP contribution in [-0.4, -0.2) is 178 Å². The Bertz CT molecular complexity index is 2600. The number of amides is 4. The minimum atomic E-state index is -0.276. The number of fused-ring (bicyclic) bond motifs is 8. The van der Waals surface area contributed by atoms with Gasteiger partial charge in [0.2, 0.25) is 0 Å². The fourth-order valence-corrected chi connectivity index (χ4v) is 9.82. The number of carbonyl (C=O) groups excluding carboxylic acids is 4. The fourth-order valence-electron chi connectivity index (χ4n) is 9.82. The summed E-state index contributed by atoms with van der Waals surface area (Å²) in [5, 5.41) is 12.1. The number of ether oxygens (including phenoxy) is 4. The van der Waals surface area contributed by atoms with E-state index in [0.717, 1.165) is 77.9 Å². The number of nitrogens with zero attached hydrogens (tertiary/aromatic N) is 4. The molecule has 4 aromatic carbocycles. The molecule has 4 aromatic rings. The molecular formula is C66H92N8O8. The Labute approximate surface area is 489 Å². The summed E-state index contributed by atoms with van der Waals surface area (Å²) >= 11 is 0. The molecule has 16 heteroatoms. The number of hydrogen-bond donors (Lipinski definition) is 4. The van der Waals surface area contributed by atoms with E-state index in [0.29, 0.717) is 101 Å². The molecule has 1 aliphatic carbocycles.